The van der Waals surface area contributed by atoms with Crippen LogP contribution >= 0.6 is 0 Å². The quantitative estimate of drug-likeness (QED) is 0.197. The first-order valence-electron chi connectivity index (χ1n) is 16.2. The van der Waals surface area contributed by atoms with Crippen LogP contribution in [0.25, 0.3) is 76.1 Å². The average molecular weight is 603 g/mol. The van der Waals surface area contributed by atoms with Crippen LogP contribution < -0.4 is 15.4 Å². The molecule has 10 rings (SSSR count). The van der Waals surface area contributed by atoms with E-state index >= 15 is 0 Å². The molecule has 2 unspecified atom stereocenters. The summed E-state index contributed by atoms with van der Waals surface area (Å²) in [6.07, 6.45) is 7.99. The van der Waals surface area contributed by atoms with Crippen LogP contribution in [-0.2, 0) is 0 Å². The summed E-state index contributed by atoms with van der Waals surface area (Å²) in [6, 6.07) is 49.0. The number of dihydropyridines is 1. The first-order valence-corrected chi connectivity index (χ1v) is 16.2. The molecule has 2 atom stereocenters. The number of allylic oxidation sites excluding steroid dienone is 2. The highest BCUT2D eigenvalue weighted by atomic mass is 16.5. The molecule has 0 saturated heterocycles. The zero-order valence-corrected chi connectivity index (χ0v) is 25.6. The lowest BCUT2D eigenvalue weighted by molar-refractivity contribution is 0.228. The minimum absolute atomic E-state index is 0.0555. The van der Waals surface area contributed by atoms with E-state index in [0.29, 0.717) is 0 Å². The Morgan fingerprint density at radius 2 is 1.21 bits per heavy atom. The Morgan fingerprint density at radius 1 is 0.489 bits per heavy atom. The highest BCUT2D eigenvalue weighted by molar-refractivity contribution is 6.21. The van der Waals surface area contributed by atoms with E-state index in [1.54, 1.807) is 0 Å². The van der Waals surface area contributed by atoms with Gasteiger partial charge in [-0.05, 0) is 107 Å². The number of hydrogen-bond acceptors (Lipinski definition) is 3. The molecule has 2 aliphatic rings. The lowest BCUT2D eigenvalue weighted by Crippen LogP contribution is -2.42. The van der Waals surface area contributed by atoms with Crippen molar-refractivity contribution in [3.8, 4) is 28.0 Å². The Kier molecular flexibility index (Phi) is 5.70. The van der Waals surface area contributed by atoms with Crippen LogP contribution in [0.2, 0.25) is 0 Å². The second-order valence-corrected chi connectivity index (χ2v) is 12.6. The summed E-state index contributed by atoms with van der Waals surface area (Å²) < 4.78 is 6.64. The zero-order chi connectivity index (χ0) is 30.9. The van der Waals surface area contributed by atoms with Gasteiger partial charge in [0.15, 0.2) is 12.0 Å². The first kappa shape index (κ1) is 26.2. The fourth-order valence-corrected chi connectivity index (χ4v) is 7.62. The molecule has 0 amide bonds. The molecule has 0 aromatic heterocycles. The van der Waals surface area contributed by atoms with Gasteiger partial charge < -0.3 is 15.4 Å². The molecule has 0 aliphatic carbocycles. The minimum atomic E-state index is -0.180. The van der Waals surface area contributed by atoms with Crippen molar-refractivity contribution in [2.75, 3.05) is 5.32 Å². The molecule has 2 N–H and O–H groups in total. The molecule has 0 spiro atoms. The fraction of sp³-hybridized carbons (Fsp3) is 0.0455. The highest BCUT2D eigenvalue weighted by Gasteiger charge is 2.30. The molecule has 2 aliphatic heterocycles. The summed E-state index contributed by atoms with van der Waals surface area (Å²) in [5.74, 6) is 0.920. The Hall–Kier alpha value is -6.06. The third-order valence-corrected chi connectivity index (χ3v) is 9.91. The zero-order valence-electron chi connectivity index (χ0n) is 25.6. The van der Waals surface area contributed by atoms with Crippen LogP contribution in [0.1, 0.15) is 0 Å². The SMILES string of the molecule is C1=CNC(C2Nc3ccc4ccc5ccc(-c6cccc(-c7cc8c9ccccc9ccc8c8ccccc78)c6)cc5c4c3O2)C=C1. The maximum Gasteiger partial charge on any atom is 0.194 e. The van der Waals surface area contributed by atoms with E-state index in [4.69, 9.17) is 4.74 Å². The van der Waals surface area contributed by atoms with Crippen LogP contribution in [0.15, 0.2) is 158 Å². The average Bonchev–Trinajstić information content (AvgIpc) is 3.59. The molecule has 3 nitrogen and oxygen atoms in total. The molecule has 0 saturated carbocycles. The van der Waals surface area contributed by atoms with Gasteiger partial charge in [-0.3, -0.25) is 0 Å². The number of anilines is 1. The Balaban J connectivity index is 1.13. The van der Waals surface area contributed by atoms with Gasteiger partial charge in [0.25, 0.3) is 0 Å². The van der Waals surface area contributed by atoms with Gasteiger partial charge in [-0.2, -0.15) is 0 Å². The van der Waals surface area contributed by atoms with Crippen molar-refractivity contribution in [1.29, 1.82) is 0 Å². The number of nitrogens with one attached hydrogen (secondary N) is 2. The molecule has 47 heavy (non-hydrogen) atoms. The van der Waals surface area contributed by atoms with E-state index in [9.17, 15) is 0 Å². The molecule has 0 radical (unpaired) electrons. The van der Waals surface area contributed by atoms with Crippen molar-refractivity contribution in [2.24, 2.45) is 0 Å². The van der Waals surface area contributed by atoms with Gasteiger partial charge in [0.1, 0.15) is 6.04 Å². The van der Waals surface area contributed by atoms with Crippen LogP contribution in [0.4, 0.5) is 5.69 Å². The normalized spacial score (nSPS) is 16.9. The van der Waals surface area contributed by atoms with Crippen molar-refractivity contribution >= 4 is 59.5 Å². The molecule has 2 heterocycles. The molecule has 0 fully saturated rings. The summed E-state index contributed by atoms with van der Waals surface area (Å²) in [6.45, 7) is 0. The summed E-state index contributed by atoms with van der Waals surface area (Å²) in [7, 11) is 0. The van der Waals surface area contributed by atoms with Crippen molar-refractivity contribution in [2.45, 2.75) is 12.3 Å². The van der Waals surface area contributed by atoms with Gasteiger partial charge >= 0.3 is 0 Å². The van der Waals surface area contributed by atoms with Crippen molar-refractivity contribution < 1.29 is 4.74 Å². The molecule has 0 bridgehead atoms. The number of ether oxygens (including phenoxy) is 1. The lowest BCUT2D eigenvalue weighted by atomic mass is 9.89. The lowest BCUT2D eigenvalue weighted by Gasteiger charge is -2.22. The summed E-state index contributed by atoms with van der Waals surface area (Å²) in [5, 5.41) is 19.4. The Morgan fingerprint density at radius 3 is 2.13 bits per heavy atom. The van der Waals surface area contributed by atoms with Gasteiger partial charge in [0.05, 0.1) is 5.69 Å². The standard InChI is InChI=1S/C44H30N2O/c1-2-11-33-27(8-1)19-21-36-34-12-3-4-13-35(34)37(26-39(33)36)32-10-7-9-30(24-32)31-18-16-28-15-17-29-20-22-40-43(42(29)38(28)25-31)47-44(46-40)41-14-5-6-23-45-41/h1-26,41,44-46H. The maximum absolute atomic E-state index is 6.64. The second-order valence-electron chi connectivity index (χ2n) is 12.6. The first-order chi connectivity index (χ1) is 23.3. The topological polar surface area (TPSA) is 33.3 Å². The minimum Gasteiger partial charge on any atom is -0.465 e. The predicted molar refractivity (Wildman–Crippen MR) is 198 cm³/mol. The van der Waals surface area contributed by atoms with Gasteiger partial charge in [-0.1, -0.05) is 121 Å². The molecular weight excluding hydrogens is 572 g/mol. The Bertz CT molecular complexity index is 2630. The summed E-state index contributed by atoms with van der Waals surface area (Å²) in [4.78, 5) is 0. The van der Waals surface area contributed by atoms with Crippen LogP contribution in [0.3, 0.4) is 0 Å². The molecule has 222 valence electrons. The van der Waals surface area contributed by atoms with E-state index in [1.807, 2.05) is 12.3 Å². The van der Waals surface area contributed by atoms with E-state index in [0.717, 1.165) is 16.8 Å². The van der Waals surface area contributed by atoms with E-state index in [-0.39, 0.29) is 12.3 Å². The largest absolute Gasteiger partial charge is 0.465 e. The summed E-state index contributed by atoms with van der Waals surface area (Å²) in [5.41, 5.74) is 5.87. The number of benzene rings is 8. The Labute approximate surface area is 272 Å². The van der Waals surface area contributed by atoms with E-state index in [2.05, 4.69) is 156 Å². The summed E-state index contributed by atoms with van der Waals surface area (Å²) >= 11 is 0. The van der Waals surface area contributed by atoms with Gasteiger partial charge in [-0.15, -0.1) is 0 Å². The van der Waals surface area contributed by atoms with Gasteiger partial charge in [0, 0.05) is 5.39 Å². The predicted octanol–water partition coefficient (Wildman–Crippen LogP) is 11.0. The third kappa shape index (κ3) is 4.13. The second kappa shape index (κ2) is 10.2. The number of rotatable bonds is 3. The van der Waals surface area contributed by atoms with Crippen molar-refractivity contribution in [3.63, 3.8) is 0 Å². The molecule has 8 aromatic rings. The molecule has 8 aromatic carbocycles. The van der Waals surface area contributed by atoms with Crippen molar-refractivity contribution in [1.82, 2.24) is 5.32 Å². The van der Waals surface area contributed by atoms with E-state index < -0.39 is 0 Å². The third-order valence-electron chi connectivity index (χ3n) is 9.91. The van der Waals surface area contributed by atoms with Crippen LogP contribution in [0, 0.1) is 0 Å². The van der Waals surface area contributed by atoms with E-state index in [1.165, 1.54) is 70.7 Å². The molecular formula is C44H30N2O. The molecule has 3 heteroatoms. The van der Waals surface area contributed by atoms with Crippen molar-refractivity contribution in [3.05, 3.63) is 158 Å². The monoisotopic (exact) mass is 602 g/mol. The number of hydrogen-bond donors (Lipinski definition) is 2. The van der Waals surface area contributed by atoms with Gasteiger partial charge in [0.2, 0.25) is 0 Å². The van der Waals surface area contributed by atoms with Gasteiger partial charge in [-0.25, -0.2) is 0 Å². The van der Waals surface area contributed by atoms with Crippen LogP contribution in [-0.4, -0.2) is 12.3 Å². The van der Waals surface area contributed by atoms with Crippen LogP contribution in [0.5, 0.6) is 5.75 Å². The smallest absolute Gasteiger partial charge is 0.194 e. The highest BCUT2D eigenvalue weighted by Crippen LogP contribution is 2.44. The fourth-order valence-electron chi connectivity index (χ4n) is 7.62. The maximum atomic E-state index is 6.64. The number of fused-ring (bicyclic) bond motifs is 10.